The van der Waals surface area contributed by atoms with Crippen molar-refractivity contribution in [2.75, 3.05) is 19.7 Å². The lowest BCUT2D eigenvalue weighted by Gasteiger charge is -2.28. The van der Waals surface area contributed by atoms with Crippen molar-refractivity contribution in [1.29, 1.82) is 0 Å². The number of aryl methyl sites for hydroxylation is 2. The molecule has 0 aliphatic carbocycles. The molecule has 118 valence electrons. The zero-order valence-corrected chi connectivity index (χ0v) is 12.7. The van der Waals surface area contributed by atoms with Crippen molar-refractivity contribution in [3.05, 3.63) is 15.8 Å². The number of nitro groups is 1. The van der Waals surface area contributed by atoms with Crippen molar-refractivity contribution in [1.82, 2.24) is 15.1 Å². The molecule has 1 aliphatic heterocycles. The number of morpholine rings is 1. The van der Waals surface area contributed by atoms with Gasteiger partial charge in [0.05, 0.1) is 11.0 Å². The van der Waals surface area contributed by atoms with E-state index in [1.807, 2.05) is 13.8 Å². The van der Waals surface area contributed by atoms with Crippen LogP contribution in [0.5, 0.6) is 5.88 Å². The van der Waals surface area contributed by atoms with E-state index in [4.69, 9.17) is 9.47 Å². The van der Waals surface area contributed by atoms with Gasteiger partial charge in [-0.05, 0) is 13.3 Å². The van der Waals surface area contributed by atoms with Crippen molar-refractivity contribution in [2.45, 2.75) is 38.9 Å². The van der Waals surface area contributed by atoms with E-state index in [2.05, 4.69) is 10.4 Å². The van der Waals surface area contributed by atoms with Gasteiger partial charge in [0.1, 0.15) is 18.4 Å². The first-order valence-electron chi connectivity index (χ1n) is 7.22. The maximum atomic E-state index is 11.3. The van der Waals surface area contributed by atoms with Crippen LogP contribution in [0.15, 0.2) is 0 Å². The van der Waals surface area contributed by atoms with Crippen molar-refractivity contribution in [3.63, 3.8) is 0 Å². The van der Waals surface area contributed by atoms with Crippen LogP contribution >= 0.6 is 0 Å². The van der Waals surface area contributed by atoms with Crippen LogP contribution in [-0.2, 0) is 18.2 Å². The van der Waals surface area contributed by atoms with Crippen molar-refractivity contribution >= 4 is 5.69 Å². The quantitative estimate of drug-likeness (QED) is 0.623. The second-order valence-corrected chi connectivity index (χ2v) is 5.27. The number of nitrogens with one attached hydrogen (secondary N) is 1. The van der Waals surface area contributed by atoms with Gasteiger partial charge < -0.3 is 14.8 Å². The van der Waals surface area contributed by atoms with E-state index >= 15 is 0 Å². The van der Waals surface area contributed by atoms with E-state index in [-0.39, 0.29) is 30.4 Å². The highest BCUT2D eigenvalue weighted by molar-refractivity contribution is 5.46. The SMILES string of the molecule is CCCc1nn(C)c(OCC2CNCC(C)O2)c1[N+](=O)[O-]. The molecule has 0 saturated carbocycles. The van der Waals surface area contributed by atoms with Gasteiger partial charge in [-0.25, -0.2) is 4.68 Å². The molecule has 1 fully saturated rings. The molecule has 2 unspecified atom stereocenters. The molecular formula is C13H22N4O4. The summed E-state index contributed by atoms with van der Waals surface area (Å²) in [7, 11) is 1.66. The smallest absolute Gasteiger partial charge is 0.353 e. The van der Waals surface area contributed by atoms with Crippen molar-refractivity contribution in [2.24, 2.45) is 7.05 Å². The fraction of sp³-hybridized carbons (Fsp3) is 0.769. The van der Waals surface area contributed by atoms with Crippen molar-refractivity contribution < 1.29 is 14.4 Å². The highest BCUT2D eigenvalue weighted by Gasteiger charge is 2.29. The van der Waals surface area contributed by atoms with Crippen LogP contribution in [0, 0.1) is 10.1 Å². The van der Waals surface area contributed by atoms with E-state index in [9.17, 15) is 10.1 Å². The molecule has 2 rings (SSSR count). The topological polar surface area (TPSA) is 91.5 Å². The molecule has 0 amide bonds. The molecular weight excluding hydrogens is 276 g/mol. The summed E-state index contributed by atoms with van der Waals surface area (Å²) in [4.78, 5) is 10.8. The van der Waals surface area contributed by atoms with E-state index in [1.54, 1.807) is 7.05 Å². The minimum atomic E-state index is -0.421. The first-order chi connectivity index (χ1) is 10.0. The summed E-state index contributed by atoms with van der Waals surface area (Å²) in [5.41, 5.74) is 0.437. The molecule has 0 radical (unpaired) electrons. The number of nitrogens with zero attached hydrogens (tertiary/aromatic N) is 3. The molecule has 1 aliphatic rings. The molecule has 1 aromatic heterocycles. The predicted octanol–water partition coefficient (Wildman–Crippen LogP) is 1.04. The van der Waals surface area contributed by atoms with E-state index in [1.165, 1.54) is 4.68 Å². The zero-order valence-electron chi connectivity index (χ0n) is 12.7. The fourth-order valence-electron chi connectivity index (χ4n) is 2.44. The number of aromatic nitrogens is 2. The lowest BCUT2D eigenvalue weighted by Crippen LogP contribution is -2.46. The van der Waals surface area contributed by atoms with E-state index in [0.717, 1.165) is 13.0 Å². The third-order valence-corrected chi connectivity index (χ3v) is 3.34. The Kier molecular flexibility index (Phi) is 5.13. The van der Waals surface area contributed by atoms with Gasteiger partial charge in [0, 0.05) is 20.1 Å². The average molecular weight is 298 g/mol. The first-order valence-corrected chi connectivity index (χ1v) is 7.22. The largest absolute Gasteiger partial charge is 0.470 e. The Morgan fingerprint density at radius 3 is 2.95 bits per heavy atom. The Labute approximate surface area is 123 Å². The van der Waals surface area contributed by atoms with Crippen LogP contribution in [0.4, 0.5) is 5.69 Å². The molecule has 0 bridgehead atoms. The van der Waals surface area contributed by atoms with Gasteiger partial charge >= 0.3 is 5.69 Å². The highest BCUT2D eigenvalue weighted by atomic mass is 16.6. The molecule has 0 aromatic carbocycles. The number of hydrogen-bond donors (Lipinski definition) is 1. The second-order valence-electron chi connectivity index (χ2n) is 5.27. The van der Waals surface area contributed by atoms with Gasteiger partial charge in [-0.15, -0.1) is 0 Å². The van der Waals surface area contributed by atoms with Crippen LogP contribution in [0.1, 0.15) is 26.0 Å². The summed E-state index contributed by atoms with van der Waals surface area (Å²) in [6.07, 6.45) is 1.36. The van der Waals surface area contributed by atoms with E-state index < -0.39 is 4.92 Å². The Morgan fingerprint density at radius 1 is 1.57 bits per heavy atom. The van der Waals surface area contributed by atoms with Crippen molar-refractivity contribution in [3.8, 4) is 5.88 Å². The molecule has 21 heavy (non-hydrogen) atoms. The Hall–Kier alpha value is -1.67. The number of rotatable bonds is 6. The molecule has 1 saturated heterocycles. The third kappa shape index (κ3) is 3.70. The molecule has 2 heterocycles. The lowest BCUT2D eigenvalue weighted by molar-refractivity contribution is -0.386. The fourth-order valence-corrected chi connectivity index (χ4v) is 2.44. The summed E-state index contributed by atoms with van der Waals surface area (Å²) < 4.78 is 12.8. The Balaban J connectivity index is 2.09. The Morgan fingerprint density at radius 2 is 2.33 bits per heavy atom. The van der Waals surface area contributed by atoms with Gasteiger partial charge in [0.2, 0.25) is 0 Å². The summed E-state index contributed by atoms with van der Waals surface area (Å²) in [6.45, 7) is 5.69. The molecule has 8 heteroatoms. The molecule has 1 N–H and O–H groups in total. The summed E-state index contributed by atoms with van der Waals surface area (Å²) in [5.74, 6) is 0.199. The summed E-state index contributed by atoms with van der Waals surface area (Å²) in [6, 6.07) is 0. The summed E-state index contributed by atoms with van der Waals surface area (Å²) >= 11 is 0. The monoisotopic (exact) mass is 298 g/mol. The standard InChI is InChI=1S/C13H22N4O4/c1-4-5-11-12(17(18)19)13(16(3)15-11)20-8-10-7-14-6-9(2)21-10/h9-10,14H,4-8H2,1-3H3. The maximum Gasteiger partial charge on any atom is 0.353 e. The highest BCUT2D eigenvalue weighted by Crippen LogP contribution is 2.31. The maximum absolute atomic E-state index is 11.3. The van der Waals surface area contributed by atoms with Crippen LogP contribution in [0.3, 0.4) is 0 Å². The van der Waals surface area contributed by atoms with E-state index in [0.29, 0.717) is 18.7 Å². The zero-order chi connectivity index (χ0) is 15.4. The van der Waals surface area contributed by atoms with Crippen LogP contribution in [0.2, 0.25) is 0 Å². The molecule has 0 spiro atoms. The van der Waals surface area contributed by atoms with Crippen LogP contribution < -0.4 is 10.1 Å². The molecule has 2 atom stereocenters. The average Bonchev–Trinajstić information content (AvgIpc) is 2.73. The third-order valence-electron chi connectivity index (χ3n) is 3.34. The van der Waals surface area contributed by atoms with Gasteiger partial charge in [-0.2, -0.15) is 5.10 Å². The van der Waals surface area contributed by atoms with Crippen LogP contribution in [0.25, 0.3) is 0 Å². The molecule has 1 aromatic rings. The first kappa shape index (κ1) is 15.7. The Bertz CT molecular complexity index is 503. The van der Waals surface area contributed by atoms with Gasteiger partial charge in [-0.1, -0.05) is 13.3 Å². The molecule has 8 nitrogen and oxygen atoms in total. The lowest BCUT2D eigenvalue weighted by atomic mass is 10.2. The number of ether oxygens (including phenoxy) is 2. The number of hydrogen-bond acceptors (Lipinski definition) is 6. The van der Waals surface area contributed by atoms with Gasteiger partial charge in [0.25, 0.3) is 5.88 Å². The normalized spacial score (nSPS) is 22.2. The second kappa shape index (κ2) is 6.86. The summed E-state index contributed by atoms with van der Waals surface area (Å²) in [5, 5.41) is 18.7. The predicted molar refractivity (Wildman–Crippen MR) is 76.6 cm³/mol. The van der Waals surface area contributed by atoms with Gasteiger partial charge in [-0.3, -0.25) is 10.1 Å². The minimum Gasteiger partial charge on any atom is -0.470 e. The minimum absolute atomic E-state index is 0.0313. The van der Waals surface area contributed by atoms with Gasteiger partial charge in [0.15, 0.2) is 0 Å². The van der Waals surface area contributed by atoms with Crippen LogP contribution in [-0.4, -0.2) is 46.6 Å².